The van der Waals surface area contributed by atoms with E-state index in [1.54, 1.807) is 7.11 Å². The number of carbonyl (C=O) groups is 2. The highest BCUT2D eigenvalue weighted by molar-refractivity contribution is 5.80. The summed E-state index contributed by atoms with van der Waals surface area (Å²) in [6.45, 7) is 13.0. The van der Waals surface area contributed by atoms with Crippen LogP contribution in [-0.4, -0.2) is 54.9 Å². The lowest BCUT2D eigenvalue weighted by molar-refractivity contribution is -0.134. The summed E-state index contributed by atoms with van der Waals surface area (Å²) < 4.78 is 5.47. The standard InChI is InChI=1S/C22H34N2O3/c1-16-12-18(19(27-6)13-17(16)2)14-20(25)23-8-7-9-24(11-10-23)21(26)15-22(3,4)5/h12-13H,7-11,14-15H2,1-6H3. The van der Waals surface area contributed by atoms with E-state index in [0.717, 1.165) is 35.4 Å². The Balaban J connectivity index is 2.00. The molecule has 1 fully saturated rings. The van der Waals surface area contributed by atoms with Crippen LogP contribution in [0.2, 0.25) is 0 Å². The largest absolute Gasteiger partial charge is 0.496 e. The van der Waals surface area contributed by atoms with Crippen LogP contribution < -0.4 is 4.74 Å². The number of benzene rings is 1. The third-order valence-corrected chi connectivity index (χ3v) is 5.12. The molecule has 0 N–H and O–H groups in total. The fourth-order valence-electron chi connectivity index (χ4n) is 3.43. The van der Waals surface area contributed by atoms with Crippen LogP contribution in [-0.2, 0) is 16.0 Å². The molecule has 0 saturated carbocycles. The van der Waals surface area contributed by atoms with E-state index in [2.05, 4.69) is 20.8 Å². The molecule has 1 aromatic rings. The van der Waals surface area contributed by atoms with E-state index < -0.39 is 0 Å². The SMILES string of the molecule is COc1cc(C)c(C)cc1CC(=O)N1CCCN(C(=O)CC(C)(C)C)CC1. The zero-order valence-corrected chi connectivity index (χ0v) is 17.7. The lowest BCUT2D eigenvalue weighted by atomic mass is 9.91. The summed E-state index contributed by atoms with van der Waals surface area (Å²) in [6.07, 6.45) is 1.70. The second-order valence-corrected chi connectivity index (χ2v) is 8.78. The van der Waals surface area contributed by atoms with Crippen molar-refractivity contribution in [3.05, 3.63) is 28.8 Å². The highest BCUT2D eigenvalue weighted by atomic mass is 16.5. The van der Waals surface area contributed by atoms with Gasteiger partial charge in [-0.1, -0.05) is 26.8 Å². The van der Waals surface area contributed by atoms with Crippen LogP contribution >= 0.6 is 0 Å². The Morgan fingerprint density at radius 1 is 0.963 bits per heavy atom. The Hall–Kier alpha value is -2.04. The van der Waals surface area contributed by atoms with Gasteiger partial charge >= 0.3 is 0 Å². The van der Waals surface area contributed by atoms with Crippen molar-refractivity contribution in [3.8, 4) is 5.75 Å². The Morgan fingerprint density at radius 2 is 1.52 bits per heavy atom. The fourth-order valence-corrected chi connectivity index (χ4v) is 3.43. The van der Waals surface area contributed by atoms with E-state index >= 15 is 0 Å². The Bertz CT molecular complexity index is 692. The molecule has 5 heteroatoms. The van der Waals surface area contributed by atoms with Crippen molar-refractivity contribution in [2.75, 3.05) is 33.3 Å². The number of methoxy groups -OCH3 is 1. The van der Waals surface area contributed by atoms with Crippen LogP contribution in [0.1, 0.15) is 50.3 Å². The molecule has 0 aliphatic carbocycles. The summed E-state index contributed by atoms with van der Waals surface area (Å²) in [4.78, 5) is 29.1. The maximum absolute atomic E-state index is 12.9. The van der Waals surface area contributed by atoms with Gasteiger partial charge in [0.05, 0.1) is 13.5 Å². The number of hydrogen-bond acceptors (Lipinski definition) is 3. The Morgan fingerprint density at radius 3 is 2.07 bits per heavy atom. The number of amides is 2. The van der Waals surface area contributed by atoms with Crippen LogP contribution in [0.5, 0.6) is 5.75 Å². The van der Waals surface area contributed by atoms with E-state index in [1.165, 1.54) is 0 Å². The summed E-state index contributed by atoms with van der Waals surface area (Å²) in [5.41, 5.74) is 3.23. The predicted molar refractivity (Wildman–Crippen MR) is 108 cm³/mol. The molecule has 1 heterocycles. The molecule has 1 aromatic carbocycles. The van der Waals surface area contributed by atoms with Crippen molar-refractivity contribution in [2.45, 2.75) is 53.9 Å². The third kappa shape index (κ3) is 5.98. The number of rotatable bonds is 4. The van der Waals surface area contributed by atoms with Crippen LogP contribution in [0.15, 0.2) is 12.1 Å². The summed E-state index contributed by atoms with van der Waals surface area (Å²) in [5, 5.41) is 0. The van der Waals surface area contributed by atoms with Crippen LogP contribution in [0.4, 0.5) is 0 Å². The minimum Gasteiger partial charge on any atom is -0.496 e. The first-order chi connectivity index (χ1) is 12.6. The van der Waals surface area contributed by atoms with E-state index in [-0.39, 0.29) is 17.2 Å². The molecule has 0 aromatic heterocycles. The summed E-state index contributed by atoms with van der Waals surface area (Å²) in [6, 6.07) is 4.04. The van der Waals surface area contributed by atoms with Crippen molar-refractivity contribution >= 4 is 11.8 Å². The minimum absolute atomic E-state index is 0.0151. The molecule has 2 amide bonds. The molecule has 2 rings (SSSR count). The molecular formula is C22H34N2O3. The molecule has 0 atom stereocenters. The van der Waals surface area contributed by atoms with Crippen molar-refractivity contribution < 1.29 is 14.3 Å². The smallest absolute Gasteiger partial charge is 0.227 e. The minimum atomic E-state index is -0.0151. The molecule has 150 valence electrons. The average molecular weight is 375 g/mol. The van der Waals surface area contributed by atoms with E-state index in [9.17, 15) is 9.59 Å². The highest BCUT2D eigenvalue weighted by Gasteiger charge is 2.25. The van der Waals surface area contributed by atoms with Crippen molar-refractivity contribution in [3.63, 3.8) is 0 Å². The van der Waals surface area contributed by atoms with Gasteiger partial charge < -0.3 is 14.5 Å². The lowest BCUT2D eigenvalue weighted by Crippen LogP contribution is -2.38. The first-order valence-electron chi connectivity index (χ1n) is 9.80. The van der Waals surface area contributed by atoms with Crippen molar-refractivity contribution in [2.24, 2.45) is 5.41 Å². The second kappa shape index (κ2) is 8.77. The normalized spacial score (nSPS) is 15.5. The molecule has 0 radical (unpaired) electrons. The zero-order chi connectivity index (χ0) is 20.2. The molecule has 0 unspecified atom stereocenters. The highest BCUT2D eigenvalue weighted by Crippen LogP contribution is 2.24. The molecule has 1 aliphatic heterocycles. The monoisotopic (exact) mass is 374 g/mol. The fraction of sp³-hybridized carbons (Fsp3) is 0.636. The lowest BCUT2D eigenvalue weighted by Gasteiger charge is -2.26. The molecule has 5 nitrogen and oxygen atoms in total. The Labute approximate surface area is 163 Å². The van der Waals surface area contributed by atoms with Gasteiger partial charge in [-0.05, 0) is 42.9 Å². The number of hydrogen-bond donors (Lipinski definition) is 0. The van der Waals surface area contributed by atoms with Crippen molar-refractivity contribution in [1.29, 1.82) is 0 Å². The molecule has 1 saturated heterocycles. The maximum atomic E-state index is 12.9. The first kappa shape index (κ1) is 21.3. The Kier molecular flexibility index (Phi) is 6.90. The number of nitrogens with zero attached hydrogens (tertiary/aromatic N) is 2. The first-order valence-corrected chi connectivity index (χ1v) is 9.80. The molecule has 27 heavy (non-hydrogen) atoms. The van der Waals surface area contributed by atoms with Gasteiger partial charge in [0, 0.05) is 38.2 Å². The van der Waals surface area contributed by atoms with E-state index in [4.69, 9.17) is 4.74 Å². The second-order valence-electron chi connectivity index (χ2n) is 8.78. The molecule has 0 spiro atoms. The number of carbonyl (C=O) groups excluding carboxylic acids is 2. The number of aryl methyl sites for hydroxylation is 2. The average Bonchev–Trinajstić information content (AvgIpc) is 2.82. The maximum Gasteiger partial charge on any atom is 0.227 e. The van der Waals surface area contributed by atoms with Crippen LogP contribution in [0, 0.1) is 19.3 Å². The molecule has 0 bridgehead atoms. The van der Waals surface area contributed by atoms with Gasteiger partial charge in [-0.15, -0.1) is 0 Å². The summed E-state index contributed by atoms with van der Waals surface area (Å²) in [7, 11) is 1.64. The van der Waals surface area contributed by atoms with Gasteiger partial charge in [-0.3, -0.25) is 9.59 Å². The van der Waals surface area contributed by atoms with Gasteiger partial charge in [-0.25, -0.2) is 0 Å². The molecule has 1 aliphatic rings. The van der Waals surface area contributed by atoms with Crippen LogP contribution in [0.25, 0.3) is 0 Å². The van der Waals surface area contributed by atoms with Crippen LogP contribution in [0.3, 0.4) is 0 Å². The van der Waals surface area contributed by atoms with Gasteiger partial charge in [-0.2, -0.15) is 0 Å². The third-order valence-electron chi connectivity index (χ3n) is 5.12. The van der Waals surface area contributed by atoms with Gasteiger partial charge in [0.2, 0.25) is 11.8 Å². The number of ether oxygens (including phenoxy) is 1. The predicted octanol–water partition coefficient (Wildman–Crippen LogP) is 3.35. The van der Waals surface area contributed by atoms with Gasteiger partial charge in [0.1, 0.15) is 5.75 Å². The molecular weight excluding hydrogens is 340 g/mol. The van der Waals surface area contributed by atoms with E-state index in [1.807, 2.05) is 35.8 Å². The van der Waals surface area contributed by atoms with Gasteiger partial charge in [0.15, 0.2) is 0 Å². The van der Waals surface area contributed by atoms with Gasteiger partial charge in [0.25, 0.3) is 0 Å². The summed E-state index contributed by atoms with van der Waals surface area (Å²) >= 11 is 0. The van der Waals surface area contributed by atoms with Crippen molar-refractivity contribution in [1.82, 2.24) is 9.80 Å². The zero-order valence-electron chi connectivity index (χ0n) is 17.7. The topological polar surface area (TPSA) is 49.9 Å². The van der Waals surface area contributed by atoms with E-state index in [0.29, 0.717) is 32.5 Å². The quantitative estimate of drug-likeness (QED) is 0.812. The summed E-state index contributed by atoms with van der Waals surface area (Å²) in [5.74, 6) is 1.05.